The van der Waals surface area contributed by atoms with Crippen molar-refractivity contribution in [1.29, 1.82) is 0 Å². The van der Waals surface area contributed by atoms with E-state index in [1.807, 2.05) is 6.92 Å². The summed E-state index contributed by atoms with van der Waals surface area (Å²) in [5.41, 5.74) is 1.58. The average Bonchev–Trinajstić information content (AvgIpc) is 2.85. The van der Waals surface area contributed by atoms with Crippen molar-refractivity contribution in [2.75, 3.05) is 6.61 Å². The zero-order chi connectivity index (χ0) is 16.4. The van der Waals surface area contributed by atoms with Crippen LogP contribution in [-0.2, 0) is 14.3 Å². The zero-order valence-electron chi connectivity index (χ0n) is 12.6. The highest BCUT2D eigenvalue weighted by Crippen LogP contribution is 2.25. The summed E-state index contributed by atoms with van der Waals surface area (Å²) in [7, 11) is 0. The van der Waals surface area contributed by atoms with E-state index in [1.165, 1.54) is 10.8 Å². The molecule has 120 valence electrons. The Morgan fingerprint density at radius 2 is 2.22 bits per heavy atom. The van der Waals surface area contributed by atoms with Crippen molar-refractivity contribution in [3.63, 3.8) is 0 Å². The van der Waals surface area contributed by atoms with Crippen molar-refractivity contribution in [1.82, 2.24) is 9.88 Å². The molecule has 0 bridgehead atoms. The van der Waals surface area contributed by atoms with Gasteiger partial charge in [-0.1, -0.05) is 12.1 Å². The number of amides is 2. The first-order chi connectivity index (χ1) is 11.1. The fraction of sp³-hybridized carbons (Fsp3) is 0.312. The van der Waals surface area contributed by atoms with Crippen molar-refractivity contribution in [3.05, 3.63) is 40.6 Å². The predicted octanol–water partition coefficient (Wildman–Crippen LogP) is 1.58. The second-order valence-corrected chi connectivity index (χ2v) is 5.16. The van der Waals surface area contributed by atoms with Crippen LogP contribution in [-0.4, -0.2) is 23.0 Å². The number of nitrogens with one attached hydrogen (secondary N) is 1. The van der Waals surface area contributed by atoms with Gasteiger partial charge in [-0.05, 0) is 25.5 Å². The molecule has 1 aromatic heterocycles. The summed E-state index contributed by atoms with van der Waals surface area (Å²) in [5.74, 6) is -1.43. The first-order valence-corrected chi connectivity index (χ1v) is 7.37. The molecule has 23 heavy (non-hydrogen) atoms. The van der Waals surface area contributed by atoms with E-state index >= 15 is 0 Å². The molecule has 0 spiro atoms. The summed E-state index contributed by atoms with van der Waals surface area (Å²) in [5, 5.41) is 2.25. The maximum Gasteiger partial charge on any atom is 0.420 e. The Morgan fingerprint density at radius 1 is 1.39 bits per heavy atom. The number of hydrogen-bond acceptors (Lipinski definition) is 5. The van der Waals surface area contributed by atoms with Crippen LogP contribution in [0, 0.1) is 0 Å². The van der Waals surface area contributed by atoms with E-state index < -0.39 is 17.7 Å². The molecule has 1 aliphatic heterocycles. The van der Waals surface area contributed by atoms with E-state index in [4.69, 9.17) is 9.15 Å². The minimum absolute atomic E-state index is 0.194. The van der Waals surface area contributed by atoms with Gasteiger partial charge in [0, 0.05) is 12.0 Å². The smallest absolute Gasteiger partial charge is 0.420 e. The standard InChI is InChI=1S/C16H16N2O5/c1-2-22-9-8-10-4-3-5-11-14(10)23-16(21)18(11)12-6-7-13(19)17-15(12)20/h3-5,8-9,12H,2,6-7H2,1H3,(H,17,19,20). The van der Waals surface area contributed by atoms with E-state index in [1.54, 1.807) is 24.3 Å². The van der Waals surface area contributed by atoms with E-state index in [2.05, 4.69) is 5.32 Å². The van der Waals surface area contributed by atoms with Crippen LogP contribution in [0.1, 0.15) is 31.4 Å². The summed E-state index contributed by atoms with van der Waals surface area (Å²) < 4.78 is 11.8. The number of fused-ring (bicyclic) bond motifs is 1. The molecule has 1 N–H and O–H groups in total. The van der Waals surface area contributed by atoms with E-state index in [0.717, 1.165) is 0 Å². The monoisotopic (exact) mass is 316 g/mol. The fourth-order valence-corrected chi connectivity index (χ4v) is 2.65. The van der Waals surface area contributed by atoms with Gasteiger partial charge in [0.25, 0.3) is 0 Å². The molecule has 2 heterocycles. The molecule has 1 aromatic carbocycles. The molecular weight excluding hydrogens is 300 g/mol. The Hall–Kier alpha value is -2.83. The lowest BCUT2D eigenvalue weighted by atomic mass is 10.1. The number of carbonyl (C=O) groups excluding carboxylic acids is 2. The minimum Gasteiger partial charge on any atom is -0.501 e. The number of piperidine rings is 1. The van der Waals surface area contributed by atoms with Gasteiger partial charge in [-0.15, -0.1) is 0 Å². The number of hydrogen-bond donors (Lipinski definition) is 1. The number of aromatic nitrogens is 1. The highest BCUT2D eigenvalue weighted by molar-refractivity contribution is 6.00. The van der Waals surface area contributed by atoms with Gasteiger partial charge in [0.2, 0.25) is 11.8 Å². The molecule has 0 radical (unpaired) electrons. The molecule has 7 nitrogen and oxygen atoms in total. The van der Waals surface area contributed by atoms with Crippen LogP contribution in [0.2, 0.25) is 0 Å². The van der Waals surface area contributed by atoms with Crippen molar-refractivity contribution in [3.8, 4) is 0 Å². The molecule has 1 atom stereocenters. The van der Waals surface area contributed by atoms with Gasteiger partial charge in [-0.3, -0.25) is 19.5 Å². The lowest BCUT2D eigenvalue weighted by Crippen LogP contribution is -2.43. The van der Waals surface area contributed by atoms with E-state index in [9.17, 15) is 14.4 Å². The van der Waals surface area contributed by atoms with Crippen LogP contribution in [0.25, 0.3) is 17.2 Å². The Kier molecular flexibility index (Phi) is 4.01. The fourth-order valence-electron chi connectivity index (χ4n) is 2.65. The second kappa shape index (κ2) is 6.12. The molecule has 1 fully saturated rings. The third-order valence-electron chi connectivity index (χ3n) is 3.70. The molecule has 2 amide bonds. The number of imide groups is 1. The second-order valence-electron chi connectivity index (χ2n) is 5.16. The number of para-hydroxylation sites is 1. The summed E-state index contributed by atoms with van der Waals surface area (Å²) in [6.45, 7) is 2.40. The highest BCUT2D eigenvalue weighted by atomic mass is 16.5. The van der Waals surface area contributed by atoms with E-state index in [0.29, 0.717) is 23.3 Å². The summed E-state index contributed by atoms with van der Waals surface area (Å²) in [6.07, 6.45) is 3.69. The number of oxazole rings is 1. The van der Waals surface area contributed by atoms with Crippen LogP contribution in [0.5, 0.6) is 0 Å². The van der Waals surface area contributed by atoms with Crippen LogP contribution in [0.4, 0.5) is 0 Å². The molecule has 1 aliphatic rings. The normalized spacial score (nSPS) is 18.6. The number of benzene rings is 1. The van der Waals surface area contributed by atoms with Gasteiger partial charge < -0.3 is 9.15 Å². The zero-order valence-corrected chi connectivity index (χ0v) is 12.6. The van der Waals surface area contributed by atoms with E-state index in [-0.39, 0.29) is 18.7 Å². The molecule has 2 aromatic rings. The Morgan fingerprint density at radius 3 is 2.96 bits per heavy atom. The third kappa shape index (κ3) is 2.77. The van der Waals surface area contributed by atoms with Gasteiger partial charge in [0.1, 0.15) is 6.04 Å². The van der Waals surface area contributed by atoms with Crippen molar-refractivity contribution in [2.45, 2.75) is 25.8 Å². The summed E-state index contributed by atoms with van der Waals surface area (Å²) in [4.78, 5) is 35.5. The number of carbonyl (C=O) groups is 2. The largest absolute Gasteiger partial charge is 0.501 e. The quantitative estimate of drug-likeness (QED) is 0.683. The van der Waals surface area contributed by atoms with Crippen LogP contribution in [0.15, 0.2) is 33.7 Å². The van der Waals surface area contributed by atoms with Gasteiger partial charge in [0.15, 0.2) is 5.58 Å². The lowest BCUT2D eigenvalue weighted by Gasteiger charge is -2.21. The highest BCUT2D eigenvalue weighted by Gasteiger charge is 2.31. The van der Waals surface area contributed by atoms with Crippen molar-refractivity contribution in [2.24, 2.45) is 0 Å². The SMILES string of the molecule is CCOC=Cc1cccc2c1oc(=O)n2C1CCC(=O)NC1=O. The Bertz CT molecular complexity index is 846. The first kappa shape index (κ1) is 15.1. The predicted molar refractivity (Wildman–Crippen MR) is 82.6 cm³/mol. The average molecular weight is 316 g/mol. The molecular formula is C16H16N2O5. The lowest BCUT2D eigenvalue weighted by molar-refractivity contribution is -0.135. The van der Waals surface area contributed by atoms with Crippen LogP contribution in [0.3, 0.4) is 0 Å². The maximum absolute atomic E-state index is 12.2. The Labute approximate surface area is 131 Å². The number of rotatable bonds is 4. The molecule has 7 heteroatoms. The van der Waals surface area contributed by atoms with Gasteiger partial charge in [0.05, 0.1) is 18.4 Å². The third-order valence-corrected chi connectivity index (χ3v) is 3.70. The van der Waals surface area contributed by atoms with Crippen LogP contribution >= 0.6 is 0 Å². The summed E-state index contributed by atoms with van der Waals surface area (Å²) >= 11 is 0. The Balaban J connectivity index is 2.07. The molecule has 1 unspecified atom stereocenters. The number of ether oxygens (including phenoxy) is 1. The van der Waals surface area contributed by atoms with Crippen molar-refractivity contribution >= 4 is 29.0 Å². The topological polar surface area (TPSA) is 90.5 Å². The van der Waals surface area contributed by atoms with Crippen LogP contribution < -0.4 is 11.1 Å². The molecule has 0 aliphatic carbocycles. The number of nitrogens with zero attached hydrogens (tertiary/aromatic N) is 1. The minimum atomic E-state index is -0.743. The molecule has 0 saturated carbocycles. The van der Waals surface area contributed by atoms with Crippen molar-refractivity contribution < 1.29 is 18.7 Å². The van der Waals surface area contributed by atoms with Gasteiger partial charge in [-0.25, -0.2) is 4.79 Å². The summed E-state index contributed by atoms with van der Waals surface area (Å²) in [6, 6.07) is 4.52. The molecule has 3 rings (SSSR count). The molecule has 1 saturated heterocycles. The van der Waals surface area contributed by atoms with Gasteiger partial charge >= 0.3 is 5.76 Å². The van der Waals surface area contributed by atoms with Gasteiger partial charge in [-0.2, -0.15) is 0 Å². The maximum atomic E-state index is 12.2. The first-order valence-electron chi connectivity index (χ1n) is 7.37.